The molecule has 0 amide bonds. The predicted octanol–water partition coefficient (Wildman–Crippen LogP) is 3.88. The number of hydrogen-bond donors (Lipinski definition) is 1. The van der Waals surface area contributed by atoms with Gasteiger partial charge < -0.3 is 5.73 Å². The molecule has 16 heavy (non-hydrogen) atoms. The van der Waals surface area contributed by atoms with Crippen LogP contribution in [0.5, 0.6) is 0 Å². The first-order chi connectivity index (χ1) is 7.77. The number of hydrogen-bond acceptors (Lipinski definition) is 2. The van der Waals surface area contributed by atoms with Crippen molar-refractivity contribution >= 4 is 11.8 Å². The Balaban J connectivity index is 2.36. The van der Waals surface area contributed by atoms with Gasteiger partial charge in [-0.2, -0.15) is 11.8 Å². The predicted molar refractivity (Wildman–Crippen MR) is 74.8 cm³/mol. The lowest BCUT2D eigenvalue weighted by atomic mass is 10.1. The summed E-state index contributed by atoms with van der Waals surface area (Å²) in [7, 11) is 0. The van der Waals surface area contributed by atoms with Gasteiger partial charge in [0, 0.05) is 12.3 Å². The molecule has 1 aromatic carbocycles. The topological polar surface area (TPSA) is 26.0 Å². The minimum atomic E-state index is 0.644. The van der Waals surface area contributed by atoms with Crippen molar-refractivity contribution in [2.75, 3.05) is 5.75 Å². The van der Waals surface area contributed by atoms with Gasteiger partial charge in [0.2, 0.25) is 0 Å². The molecule has 0 spiro atoms. The van der Waals surface area contributed by atoms with Crippen molar-refractivity contribution in [3.05, 3.63) is 34.9 Å². The van der Waals surface area contributed by atoms with E-state index in [0.29, 0.717) is 6.54 Å². The molecular weight excluding hydrogens is 214 g/mol. The lowest BCUT2D eigenvalue weighted by Crippen LogP contribution is -1.98. The maximum Gasteiger partial charge on any atom is 0.0187 e. The maximum atomic E-state index is 5.62. The van der Waals surface area contributed by atoms with Gasteiger partial charge in [-0.15, -0.1) is 0 Å². The fraction of sp³-hybridized carbons (Fsp3) is 0.571. The van der Waals surface area contributed by atoms with Crippen LogP contribution in [0.15, 0.2) is 18.2 Å². The molecule has 0 saturated heterocycles. The smallest absolute Gasteiger partial charge is 0.0187 e. The van der Waals surface area contributed by atoms with Crippen LogP contribution in [0.4, 0.5) is 0 Å². The van der Waals surface area contributed by atoms with Gasteiger partial charge in [0.15, 0.2) is 0 Å². The van der Waals surface area contributed by atoms with E-state index in [9.17, 15) is 0 Å². The van der Waals surface area contributed by atoms with Crippen LogP contribution in [0.3, 0.4) is 0 Å². The maximum absolute atomic E-state index is 5.62. The van der Waals surface area contributed by atoms with Gasteiger partial charge in [-0.1, -0.05) is 38.0 Å². The third kappa shape index (κ3) is 4.58. The van der Waals surface area contributed by atoms with E-state index in [1.54, 1.807) is 0 Å². The van der Waals surface area contributed by atoms with Crippen LogP contribution in [0.1, 0.15) is 42.9 Å². The molecule has 0 atom stereocenters. The molecule has 90 valence electrons. The summed E-state index contributed by atoms with van der Waals surface area (Å²) >= 11 is 2.04. The molecule has 2 N–H and O–H groups in total. The Bertz CT molecular complexity index is 310. The number of unbranched alkanes of at least 4 members (excludes halogenated alkanes) is 2. The van der Waals surface area contributed by atoms with Crippen molar-refractivity contribution in [1.29, 1.82) is 0 Å². The van der Waals surface area contributed by atoms with Gasteiger partial charge in [-0.3, -0.25) is 0 Å². The van der Waals surface area contributed by atoms with Crippen molar-refractivity contribution in [3.8, 4) is 0 Å². The summed E-state index contributed by atoms with van der Waals surface area (Å²) in [5.41, 5.74) is 9.69. The first kappa shape index (κ1) is 13.6. The molecule has 0 unspecified atom stereocenters. The second-order valence-corrected chi connectivity index (χ2v) is 5.33. The summed E-state index contributed by atoms with van der Waals surface area (Å²) in [6, 6.07) is 6.58. The van der Waals surface area contributed by atoms with E-state index < -0.39 is 0 Å². The minimum Gasteiger partial charge on any atom is -0.326 e. The SMILES string of the molecule is CCCCCSCc1ccc(CN)cc1C. The normalized spacial score (nSPS) is 10.7. The highest BCUT2D eigenvalue weighted by molar-refractivity contribution is 7.98. The molecule has 0 saturated carbocycles. The van der Waals surface area contributed by atoms with Crippen LogP contribution in [0.25, 0.3) is 0 Å². The second-order valence-electron chi connectivity index (χ2n) is 4.22. The second kappa shape index (κ2) is 7.75. The molecule has 0 aliphatic carbocycles. The zero-order chi connectivity index (χ0) is 11.8. The third-order valence-corrected chi connectivity index (χ3v) is 3.88. The average Bonchev–Trinajstić information content (AvgIpc) is 2.30. The summed E-state index contributed by atoms with van der Waals surface area (Å²) in [6.45, 7) is 5.08. The van der Waals surface area contributed by atoms with Crippen molar-refractivity contribution in [3.63, 3.8) is 0 Å². The van der Waals surface area contributed by atoms with Crippen LogP contribution >= 0.6 is 11.8 Å². The van der Waals surface area contributed by atoms with Crippen molar-refractivity contribution in [1.82, 2.24) is 0 Å². The standard InChI is InChI=1S/C14H23NS/c1-3-4-5-8-16-11-14-7-6-13(10-15)9-12(14)2/h6-7,9H,3-5,8,10-11,15H2,1-2H3. The van der Waals surface area contributed by atoms with Crippen LogP contribution in [-0.2, 0) is 12.3 Å². The lowest BCUT2D eigenvalue weighted by Gasteiger charge is -2.07. The molecule has 1 aromatic rings. The molecule has 0 aromatic heterocycles. The Morgan fingerprint density at radius 2 is 2.06 bits per heavy atom. The van der Waals surface area contributed by atoms with Crippen LogP contribution in [0, 0.1) is 6.92 Å². The fourth-order valence-electron chi connectivity index (χ4n) is 1.68. The molecule has 0 aliphatic heterocycles. The van der Waals surface area contributed by atoms with Gasteiger partial charge >= 0.3 is 0 Å². The molecule has 0 radical (unpaired) electrons. The van der Waals surface area contributed by atoms with Gasteiger partial charge in [0.1, 0.15) is 0 Å². The Kier molecular flexibility index (Phi) is 6.58. The Hall–Kier alpha value is -0.470. The highest BCUT2D eigenvalue weighted by Gasteiger charge is 1.99. The Morgan fingerprint density at radius 1 is 1.25 bits per heavy atom. The van der Waals surface area contributed by atoms with E-state index in [1.165, 1.54) is 41.7 Å². The Morgan fingerprint density at radius 3 is 2.69 bits per heavy atom. The summed E-state index contributed by atoms with van der Waals surface area (Å²) in [5, 5.41) is 0. The van der Waals surface area contributed by atoms with Crippen LogP contribution in [0.2, 0.25) is 0 Å². The number of benzene rings is 1. The monoisotopic (exact) mass is 237 g/mol. The van der Waals surface area contributed by atoms with E-state index >= 15 is 0 Å². The van der Waals surface area contributed by atoms with Crippen LogP contribution < -0.4 is 5.73 Å². The highest BCUT2D eigenvalue weighted by Crippen LogP contribution is 2.18. The highest BCUT2D eigenvalue weighted by atomic mass is 32.2. The zero-order valence-electron chi connectivity index (χ0n) is 10.5. The summed E-state index contributed by atoms with van der Waals surface area (Å²) in [5.74, 6) is 2.42. The summed E-state index contributed by atoms with van der Waals surface area (Å²) < 4.78 is 0. The number of thioether (sulfide) groups is 1. The summed E-state index contributed by atoms with van der Waals surface area (Å²) in [4.78, 5) is 0. The first-order valence-corrected chi connectivity index (χ1v) is 7.29. The molecule has 2 heteroatoms. The first-order valence-electron chi connectivity index (χ1n) is 6.14. The largest absolute Gasteiger partial charge is 0.326 e. The van der Waals surface area contributed by atoms with E-state index in [0.717, 1.165) is 5.75 Å². The number of aryl methyl sites for hydroxylation is 1. The number of nitrogens with two attached hydrogens (primary N) is 1. The van der Waals surface area contributed by atoms with E-state index in [2.05, 4.69) is 32.0 Å². The van der Waals surface area contributed by atoms with E-state index in [-0.39, 0.29) is 0 Å². The van der Waals surface area contributed by atoms with Crippen molar-refractivity contribution in [2.45, 2.75) is 45.4 Å². The van der Waals surface area contributed by atoms with Gasteiger partial charge in [-0.05, 0) is 35.8 Å². The zero-order valence-corrected chi connectivity index (χ0v) is 11.3. The third-order valence-electron chi connectivity index (χ3n) is 2.79. The van der Waals surface area contributed by atoms with Gasteiger partial charge in [-0.25, -0.2) is 0 Å². The van der Waals surface area contributed by atoms with Gasteiger partial charge in [0.05, 0.1) is 0 Å². The average molecular weight is 237 g/mol. The molecule has 1 nitrogen and oxygen atoms in total. The molecule has 1 rings (SSSR count). The quantitative estimate of drug-likeness (QED) is 0.728. The number of rotatable bonds is 7. The molecular formula is C14H23NS. The van der Waals surface area contributed by atoms with Crippen molar-refractivity contribution in [2.24, 2.45) is 5.73 Å². The summed E-state index contributed by atoms with van der Waals surface area (Å²) in [6.07, 6.45) is 4.02. The molecule has 0 aliphatic rings. The minimum absolute atomic E-state index is 0.644. The molecule has 0 bridgehead atoms. The van der Waals surface area contributed by atoms with Gasteiger partial charge in [0.25, 0.3) is 0 Å². The van der Waals surface area contributed by atoms with Crippen molar-refractivity contribution < 1.29 is 0 Å². The van der Waals surface area contributed by atoms with E-state index in [4.69, 9.17) is 5.73 Å². The Labute approximate surface area is 104 Å². The molecule has 0 fully saturated rings. The fourth-order valence-corrected chi connectivity index (χ4v) is 2.78. The van der Waals surface area contributed by atoms with E-state index in [1.807, 2.05) is 11.8 Å². The van der Waals surface area contributed by atoms with Crippen LogP contribution in [-0.4, -0.2) is 5.75 Å². The molecule has 0 heterocycles. The lowest BCUT2D eigenvalue weighted by molar-refractivity contribution is 0.778.